The highest BCUT2D eigenvalue weighted by Gasteiger charge is 2.34. The van der Waals surface area contributed by atoms with Crippen LogP contribution >= 0.6 is 27.5 Å². The van der Waals surface area contributed by atoms with Crippen molar-refractivity contribution in [2.45, 2.75) is 6.18 Å². The minimum Gasteiger partial charge on any atom is -0.325 e. The van der Waals surface area contributed by atoms with Gasteiger partial charge in [0.15, 0.2) is 0 Å². The van der Waals surface area contributed by atoms with Crippen molar-refractivity contribution < 1.29 is 26.4 Å². The zero-order valence-electron chi connectivity index (χ0n) is 13.7. The molecule has 2 aromatic carbocycles. The highest BCUT2D eigenvalue weighted by molar-refractivity contribution is 9.10. The molecule has 0 spiro atoms. The Morgan fingerprint density at radius 1 is 1.19 bits per heavy atom. The Bertz CT molecular complexity index is 950. The number of hydrogen-bond donors (Lipinski definition) is 1. The Balaban J connectivity index is 2.31. The predicted octanol–water partition coefficient (Wildman–Crippen LogP) is 4.53. The first-order valence-electron chi connectivity index (χ1n) is 7.28. The molecule has 146 valence electrons. The zero-order valence-corrected chi connectivity index (χ0v) is 16.9. The molecule has 1 N–H and O–H groups in total. The van der Waals surface area contributed by atoms with Crippen LogP contribution in [0.5, 0.6) is 0 Å². The van der Waals surface area contributed by atoms with Gasteiger partial charge in [-0.2, -0.15) is 13.2 Å². The van der Waals surface area contributed by atoms with E-state index in [4.69, 9.17) is 11.6 Å². The van der Waals surface area contributed by atoms with E-state index in [2.05, 4.69) is 21.2 Å². The molecule has 0 atom stereocenters. The van der Waals surface area contributed by atoms with Gasteiger partial charge in [0.25, 0.3) is 0 Å². The monoisotopic (exact) mass is 484 g/mol. The van der Waals surface area contributed by atoms with Gasteiger partial charge >= 0.3 is 6.18 Å². The quantitative estimate of drug-likeness (QED) is 0.677. The lowest BCUT2D eigenvalue weighted by atomic mass is 10.2. The maximum absolute atomic E-state index is 13.0. The number of benzene rings is 2. The Hall–Kier alpha value is -1.78. The van der Waals surface area contributed by atoms with Crippen LogP contribution in [0.3, 0.4) is 0 Å². The smallest absolute Gasteiger partial charge is 0.325 e. The van der Waals surface area contributed by atoms with Gasteiger partial charge in [-0.25, -0.2) is 8.42 Å². The molecule has 0 unspecified atom stereocenters. The summed E-state index contributed by atoms with van der Waals surface area (Å²) in [7, 11) is -4.03. The van der Waals surface area contributed by atoms with E-state index in [-0.39, 0.29) is 5.69 Å². The summed E-state index contributed by atoms with van der Waals surface area (Å²) in [5.74, 6) is -0.716. The molecule has 2 rings (SSSR count). The number of sulfonamides is 1. The van der Waals surface area contributed by atoms with Crippen LogP contribution in [0.1, 0.15) is 5.56 Å². The zero-order chi connectivity index (χ0) is 20.4. The fourth-order valence-electron chi connectivity index (χ4n) is 2.15. The Morgan fingerprint density at radius 2 is 1.78 bits per heavy atom. The number of amides is 1. The SMILES string of the molecule is CS(=O)(=O)N(CC(=O)Nc1ccc(Br)cc1)c1ccc(Cl)c(C(F)(F)F)c1. The maximum atomic E-state index is 13.0. The van der Waals surface area contributed by atoms with E-state index in [1.165, 1.54) is 0 Å². The van der Waals surface area contributed by atoms with Gasteiger partial charge in [0.05, 0.1) is 22.5 Å². The molecule has 2 aromatic rings. The van der Waals surface area contributed by atoms with E-state index in [0.717, 1.165) is 22.9 Å². The largest absolute Gasteiger partial charge is 0.417 e. The lowest BCUT2D eigenvalue weighted by Gasteiger charge is -2.23. The number of carbonyl (C=O) groups is 1. The number of anilines is 2. The summed E-state index contributed by atoms with van der Waals surface area (Å²) >= 11 is 8.79. The summed E-state index contributed by atoms with van der Waals surface area (Å²) in [6, 6.07) is 9.12. The first kappa shape index (κ1) is 21.5. The lowest BCUT2D eigenvalue weighted by Crippen LogP contribution is -2.37. The number of nitrogens with one attached hydrogen (secondary N) is 1. The molecule has 0 aromatic heterocycles. The lowest BCUT2D eigenvalue weighted by molar-refractivity contribution is -0.137. The second-order valence-electron chi connectivity index (χ2n) is 5.49. The second kappa shape index (κ2) is 8.07. The van der Waals surface area contributed by atoms with Crippen LogP contribution in [0.2, 0.25) is 5.02 Å². The molecule has 0 heterocycles. The van der Waals surface area contributed by atoms with Gasteiger partial charge in [-0.15, -0.1) is 0 Å². The van der Waals surface area contributed by atoms with Crippen LogP contribution in [-0.2, 0) is 21.0 Å². The number of nitrogens with zero attached hydrogens (tertiary/aromatic N) is 1. The van der Waals surface area contributed by atoms with Crippen molar-refractivity contribution in [1.29, 1.82) is 0 Å². The molecule has 1 amide bonds. The van der Waals surface area contributed by atoms with E-state index >= 15 is 0 Å². The molecular formula is C16H13BrClF3N2O3S. The van der Waals surface area contributed by atoms with Crippen LogP contribution in [0.25, 0.3) is 0 Å². The van der Waals surface area contributed by atoms with Crippen LogP contribution in [0.15, 0.2) is 46.9 Å². The summed E-state index contributed by atoms with van der Waals surface area (Å²) in [6.07, 6.45) is -3.97. The molecule has 0 saturated heterocycles. The Labute approximate surface area is 167 Å². The van der Waals surface area contributed by atoms with Gasteiger partial charge in [-0.3, -0.25) is 9.10 Å². The van der Waals surface area contributed by atoms with Crippen molar-refractivity contribution >= 4 is 54.8 Å². The topological polar surface area (TPSA) is 66.5 Å². The molecule has 0 radical (unpaired) electrons. The third kappa shape index (κ3) is 5.85. The van der Waals surface area contributed by atoms with Crippen molar-refractivity contribution in [3.8, 4) is 0 Å². The van der Waals surface area contributed by atoms with Gasteiger partial charge in [0, 0.05) is 10.2 Å². The molecule has 0 aliphatic carbocycles. The van der Waals surface area contributed by atoms with E-state index in [9.17, 15) is 26.4 Å². The molecule has 5 nitrogen and oxygen atoms in total. The van der Waals surface area contributed by atoms with Crippen LogP contribution in [-0.4, -0.2) is 27.1 Å². The van der Waals surface area contributed by atoms with Crippen LogP contribution in [0, 0.1) is 0 Å². The Kier molecular flexibility index (Phi) is 6.43. The van der Waals surface area contributed by atoms with E-state index in [0.29, 0.717) is 16.1 Å². The summed E-state index contributed by atoms with van der Waals surface area (Å²) < 4.78 is 64.5. The van der Waals surface area contributed by atoms with Crippen LogP contribution in [0.4, 0.5) is 24.5 Å². The summed E-state index contributed by atoms with van der Waals surface area (Å²) in [4.78, 5) is 12.2. The summed E-state index contributed by atoms with van der Waals surface area (Å²) in [6.45, 7) is -0.701. The third-order valence-corrected chi connectivity index (χ3v) is 5.36. The van der Waals surface area contributed by atoms with Crippen molar-refractivity contribution in [3.63, 3.8) is 0 Å². The number of halogens is 5. The molecule has 0 fully saturated rings. The highest BCUT2D eigenvalue weighted by atomic mass is 79.9. The molecule has 0 aliphatic rings. The maximum Gasteiger partial charge on any atom is 0.417 e. The van der Waals surface area contributed by atoms with Crippen molar-refractivity contribution in [2.24, 2.45) is 0 Å². The van der Waals surface area contributed by atoms with Gasteiger partial charge < -0.3 is 5.32 Å². The molecule has 0 bridgehead atoms. The van der Waals surface area contributed by atoms with Gasteiger partial charge in [0.1, 0.15) is 6.54 Å². The molecular weight excluding hydrogens is 473 g/mol. The van der Waals surface area contributed by atoms with Crippen LogP contribution < -0.4 is 9.62 Å². The van der Waals surface area contributed by atoms with E-state index in [1.807, 2.05) is 0 Å². The van der Waals surface area contributed by atoms with Crippen molar-refractivity contribution in [1.82, 2.24) is 0 Å². The van der Waals surface area contributed by atoms with Crippen molar-refractivity contribution in [2.75, 3.05) is 22.4 Å². The minimum absolute atomic E-state index is 0.319. The van der Waals surface area contributed by atoms with Crippen molar-refractivity contribution in [3.05, 3.63) is 57.5 Å². The first-order chi connectivity index (χ1) is 12.4. The molecule has 11 heteroatoms. The average molecular weight is 486 g/mol. The average Bonchev–Trinajstić information content (AvgIpc) is 2.53. The van der Waals surface area contributed by atoms with Gasteiger partial charge in [-0.05, 0) is 42.5 Å². The van der Waals surface area contributed by atoms with Gasteiger partial charge in [-0.1, -0.05) is 27.5 Å². The highest BCUT2D eigenvalue weighted by Crippen LogP contribution is 2.37. The minimum atomic E-state index is -4.77. The third-order valence-electron chi connectivity index (χ3n) is 3.36. The number of carbonyl (C=O) groups excluding carboxylic acids is 1. The van der Waals surface area contributed by atoms with E-state index in [1.54, 1.807) is 24.3 Å². The molecule has 0 saturated carbocycles. The molecule has 27 heavy (non-hydrogen) atoms. The second-order valence-corrected chi connectivity index (χ2v) is 8.72. The summed E-state index contributed by atoms with van der Waals surface area (Å²) in [5.41, 5.74) is -1.10. The van der Waals surface area contributed by atoms with E-state index < -0.39 is 39.2 Å². The Morgan fingerprint density at radius 3 is 2.30 bits per heavy atom. The summed E-state index contributed by atoms with van der Waals surface area (Å²) in [5, 5.41) is 1.91. The fourth-order valence-corrected chi connectivity index (χ4v) is 3.49. The number of hydrogen-bond acceptors (Lipinski definition) is 3. The normalized spacial score (nSPS) is 11.9. The fraction of sp³-hybridized carbons (Fsp3) is 0.188. The predicted molar refractivity (Wildman–Crippen MR) is 101 cm³/mol. The first-order valence-corrected chi connectivity index (χ1v) is 10.3. The van der Waals surface area contributed by atoms with Gasteiger partial charge in [0.2, 0.25) is 15.9 Å². The standard InChI is InChI=1S/C16H13BrClF3N2O3S/c1-27(25,26)23(9-15(24)22-11-4-2-10(17)3-5-11)12-6-7-14(18)13(8-12)16(19,20)21/h2-8H,9H2,1H3,(H,22,24). The molecule has 0 aliphatic heterocycles. The number of rotatable bonds is 5. The number of alkyl halides is 3.